The van der Waals surface area contributed by atoms with Crippen molar-refractivity contribution in [1.29, 1.82) is 0 Å². The van der Waals surface area contributed by atoms with E-state index in [1.165, 1.54) is 6.07 Å². The maximum absolute atomic E-state index is 13.4. The summed E-state index contributed by atoms with van der Waals surface area (Å²) in [6.45, 7) is 2.01. The second-order valence-electron chi connectivity index (χ2n) is 6.01. The summed E-state index contributed by atoms with van der Waals surface area (Å²) in [6, 6.07) is 9.37. The topological polar surface area (TPSA) is 38.0 Å². The van der Waals surface area contributed by atoms with Crippen LogP contribution in [0.25, 0.3) is 11.1 Å². The van der Waals surface area contributed by atoms with Crippen LogP contribution in [0.5, 0.6) is 0 Å². The minimum absolute atomic E-state index is 0.000779. The minimum Gasteiger partial charge on any atom is -0.399 e. The van der Waals surface area contributed by atoms with E-state index in [9.17, 15) is 13.2 Å². The van der Waals surface area contributed by atoms with E-state index in [0.717, 1.165) is 36.9 Å². The first kappa shape index (κ1) is 18.4. The number of hydrogen-bond acceptors (Lipinski definition) is 3. The van der Waals surface area contributed by atoms with Crippen LogP contribution in [-0.4, -0.2) is 18.3 Å². The normalized spacial score (nSPS) is 16.2. The molecule has 0 aromatic heterocycles. The molecule has 0 unspecified atom stereocenters. The van der Waals surface area contributed by atoms with Crippen molar-refractivity contribution in [1.82, 2.24) is 5.32 Å². The van der Waals surface area contributed by atoms with Gasteiger partial charge >= 0.3 is 6.18 Å². The van der Waals surface area contributed by atoms with Gasteiger partial charge in [0.1, 0.15) is 0 Å². The van der Waals surface area contributed by atoms with Crippen LogP contribution < -0.4 is 11.1 Å². The van der Waals surface area contributed by atoms with Crippen molar-refractivity contribution in [3.8, 4) is 11.1 Å². The second-order valence-corrected chi connectivity index (χ2v) is 7.80. The average Bonchev–Trinajstić information content (AvgIpc) is 2.55. The maximum Gasteiger partial charge on any atom is 0.417 e. The van der Waals surface area contributed by atoms with Gasteiger partial charge in [-0.2, -0.15) is 13.2 Å². The van der Waals surface area contributed by atoms with Crippen LogP contribution in [0, 0.1) is 0 Å². The highest BCUT2D eigenvalue weighted by molar-refractivity contribution is 8.00. The summed E-state index contributed by atoms with van der Waals surface area (Å²) >= 11 is 7.85. The third-order valence-electron chi connectivity index (χ3n) is 4.15. The Hall–Kier alpha value is -1.37. The van der Waals surface area contributed by atoms with E-state index in [4.69, 9.17) is 17.3 Å². The predicted molar refractivity (Wildman–Crippen MR) is 98.1 cm³/mol. The number of benzene rings is 2. The quantitative estimate of drug-likeness (QED) is 0.688. The zero-order valence-corrected chi connectivity index (χ0v) is 14.9. The summed E-state index contributed by atoms with van der Waals surface area (Å²) in [5.41, 5.74) is 5.14. The van der Waals surface area contributed by atoms with Gasteiger partial charge in [-0.05, 0) is 55.8 Å². The fourth-order valence-electron chi connectivity index (χ4n) is 2.95. The Bertz CT molecular complexity index is 741. The van der Waals surface area contributed by atoms with Crippen molar-refractivity contribution in [3.05, 3.63) is 47.0 Å². The standard InChI is InChI=1S/C18H18ClF3N2S/c19-16-10-12(23)9-15(18(20,21)22)17(16)11-1-3-13(4-2-11)25-14-5-7-24-8-6-14/h1-4,9-10,14,24H,5-8,23H2. The minimum atomic E-state index is -4.52. The van der Waals surface area contributed by atoms with Crippen molar-refractivity contribution in [2.45, 2.75) is 29.2 Å². The predicted octanol–water partition coefficient (Wildman–Crippen LogP) is 5.45. The molecule has 0 amide bonds. The van der Waals surface area contributed by atoms with Gasteiger partial charge in [-0.15, -0.1) is 11.8 Å². The molecule has 0 aliphatic carbocycles. The molecular weight excluding hydrogens is 369 g/mol. The lowest BCUT2D eigenvalue weighted by Crippen LogP contribution is -2.29. The Balaban J connectivity index is 1.89. The zero-order chi connectivity index (χ0) is 18.0. The molecule has 1 saturated heterocycles. The van der Waals surface area contributed by atoms with Gasteiger partial charge in [-0.1, -0.05) is 23.7 Å². The van der Waals surface area contributed by atoms with E-state index in [1.807, 2.05) is 12.1 Å². The Labute approximate surface area is 153 Å². The monoisotopic (exact) mass is 386 g/mol. The highest BCUT2D eigenvalue weighted by Crippen LogP contribution is 2.42. The van der Waals surface area contributed by atoms with Gasteiger partial charge in [0.15, 0.2) is 0 Å². The lowest BCUT2D eigenvalue weighted by Gasteiger charge is -2.22. The number of thioether (sulfide) groups is 1. The van der Waals surface area contributed by atoms with Crippen LogP contribution in [0.3, 0.4) is 0 Å². The van der Waals surface area contributed by atoms with Crippen molar-refractivity contribution in [2.24, 2.45) is 0 Å². The van der Waals surface area contributed by atoms with E-state index in [0.29, 0.717) is 10.8 Å². The molecule has 2 aromatic carbocycles. The van der Waals surface area contributed by atoms with Crippen molar-refractivity contribution in [3.63, 3.8) is 0 Å². The van der Waals surface area contributed by atoms with Crippen LogP contribution in [-0.2, 0) is 6.18 Å². The molecule has 1 aliphatic rings. The van der Waals surface area contributed by atoms with Crippen molar-refractivity contribution >= 4 is 29.1 Å². The largest absolute Gasteiger partial charge is 0.417 e. The molecule has 2 nitrogen and oxygen atoms in total. The molecule has 1 heterocycles. The number of nitrogens with one attached hydrogen (secondary N) is 1. The highest BCUT2D eigenvalue weighted by Gasteiger charge is 2.35. The molecular formula is C18H18ClF3N2S. The summed E-state index contributed by atoms with van der Waals surface area (Å²) in [7, 11) is 0. The Morgan fingerprint density at radius 1 is 1.08 bits per heavy atom. The maximum atomic E-state index is 13.4. The molecule has 7 heteroatoms. The summed E-state index contributed by atoms with van der Waals surface area (Å²) in [6.07, 6.45) is -2.33. The molecule has 1 aliphatic heterocycles. The van der Waals surface area contributed by atoms with Crippen LogP contribution >= 0.6 is 23.4 Å². The van der Waals surface area contributed by atoms with Crippen LogP contribution in [0.4, 0.5) is 18.9 Å². The lowest BCUT2D eigenvalue weighted by molar-refractivity contribution is -0.137. The van der Waals surface area contributed by atoms with Gasteiger partial charge in [0.05, 0.1) is 10.6 Å². The van der Waals surface area contributed by atoms with E-state index in [-0.39, 0.29) is 16.3 Å². The molecule has 3 rings (SSSR count). The Kier molecular flexibility index (Phi) is 5.51. The van der Waals surface area contributed by atoms with Gasteiger partial charge in [-0.25, -0.2) is 0 Å². The zero-order valence-electron chi connectivity index (χ0n) is 13.4. The fourth-order valence-corrected chi connectivity index (χ4v) is 4.44. The molecule has 2 aromatic rings. The summed E-state index contributed by atoms with van der Waals surface area (Å²) < 4.78 is 40.1. The van der Waals surface area contributed by atoms with Gasteiger partial charge in [0.2, 0.25) is 0 Å². The third kappa shape index (κ3) is 4.43. The number of nitrogens with two attached hydrogens (primary N) is 1. The van der Waals surface area contributed by atoms with Gasteiger partial charge < -0.3 is 11.1 Å². The molecule has 0 saturated carbocycles. The summed E-state index contributed by atoms with van der Waals surface area (Å²) in [4.78, 5) is 1.05. The van der Waals surface area contributed by atoms with E-state index in [1.54, 1.807) is 23.9 Å². The number of nitrogen functional groups attached to an aromatic ring is 1. The number of anilines is 1. The molecule has 1 fully saturated rings. The van der Waals surface area contributed by atoms with E-state index < -0.39 is 11.7 Å². The first-order valence-electron chi connectivity index (χ1n) is 7.98. The van der Waals surface area contributed by atoms with Gasteiger partial charge in [-0.3, -0.25) is 0 Å². The molecule has 0 spiro atoms. The number of hydrogen-bond donors (Lipinski definition) is 2. The molecule has 0 bridgehead atoms. The van der Waals surface area contributed by atoms with Crippen molar-refractivity contribution < 1.29 is 13.2 Å². The van der Waals surface area contributed by atoms with Gasteiger partial charge in [0, 0.05) is 21.4 Å². The second kappa shape index (κ2) is 7.48. The SMILES string of the molecule is Nc1cc(Cl)c(-c2ccc(SC3CCNCC3)cc2)c(C(F)(F)F)c1. The van der Waals surface area contributed by atoms with Crippen LogP contribution in [0.15, 0.2) is 41.3 Å². The number of piperidine rings is 1. The third-order valence-corrected chi connectivity index (χ3v) is 5.80. The first-order valence-corrected chi connectivity index (χ1v) is 9.24. The van der Waals surface area contributed by atoms with Gasteiger partial charge in [0.25, 0.3) is 0 Å². The summed E-state index contributed by atoms with van der Waals surface area (Å²) in [5.74, 6) is 0. The summed E-state index contributed by atoms with van der Waals surface area (Å²) in [5, 5.41) is 3.86. The first-order chi connectivity index (χ1) is 11.8. The average molecular weight is 387 g/mol. The Morgan fingerprint density at radius 2 is 1.72 bits per heavy atom. The van der Waals surface area contributed by atoms with E-state index >= 15 is 0 Å². The Morgan fingerprint density at radius 3 is 2.32 bits per heavy atom. The van der Waals surface area contributed by atoms with Crippen LogP contribution in [0.1, 0.15) is 18.4 Å². The number of halogens is 4. The molecule has 3 N–H and O–H groups in total. The molecule has 0 radical (unpaired) electrons. The van der Waals surface area contributed by atoms with E-state index in [2.05, 4.69) is 5.32 Å². The van der Waals surface area contributed by atoms with Crippen molar-refractivity contribution in [2.75, 3.05) is 18.8 Å². The molecule has 134 valence electrons. The van der Waals surface area contributed by atoms with Crippen LogP contribution in [0.2, 0.25) is 5.02 Å². The molecule has 25 heavy (non-hydrogen) atoms. The molecule has 0 atom stereocenters. The number of alkyl halides is 3. The fraction of sp³-hybridized carbons (Fsp3) is 0.333. The highest BCUT2D eigenvalue weighted by atomic mass is 35.5. The lowest BCUT2D eigenvalue weighted by atomic mass is 9.98. The number of rotatable bonds is 3. The smallest absolute Gasteiger partial charge is 0.399 e.